The minimum atomic E-state index is 0. The van der Waals surface area contributed by atoms with Gasteiger partial charge in [0.05, 0.1) is 21.7 Å². The lowest BCUT2D eigenvalue weighted by Gasteiger charge is -2.24. The van der Waals surface area contributed by atoms with Gasteiger partial charge in [0.15, 0.2) is 5.75 Å². The molecular weight excluding hydrogens is 295 g/mol. The number of hydrogen-bond acceptors (Lipinski definition) is 3. The van der Waals surface area contributed by atoms with E-state index in [2.05, 4.69) is 5.32 Å². The minimum absolute atomic E-state index is 0. The Hall–Kier alpha value is -0.660. The Kier molecular flexibility index (Phi) is 6.04. The fourth-order valence-electron chi connectivity index (χ4n) is 1.82. The Morgan fingerprint density at radius 3 is 2.50 bits per heavy atom. The molecule has 2 rings (SSSR count). The summed E-state index contributed by atoms with van der Waals surface area (Å²) in [5, 5.41) is 12.8. The first-order valence-corrected chi connectivity index (χ1v) is 6.23. The second kappa shape index (κ2) is 7.06. The lowest BCUT2D eigenvalue weighted by atomic mass is 10.1. The van der Waals surface area contributed by atoms with Gasteiger partial charge in [-0.05, 0) is 31.5 Å². The van der Waals surface area contributed by atoms with E-state index in [-0.39, 0.29) is 18.5 Å². The summed E-state index contributed by atoms with van der Waals surface area (Å²) in [6, 6.07) is 5.14. The molecule has 1 aliphatic rings. The van der Waals surface area contributed by atoms with Crippen LogP contribution in [0.5, 0.6) is 5.75 Å². The molecule has 0 amide bonds. The molecule has 1 aromatic rings. The molecule has 1 unspecified atom stereocenters. The highest BCUT2D eigenvalue weighted by molar-refractivity contribution is 6.37. The number of piperidine rings is 1. The van der Waals surface area contributed by atoms with Crippen LogP contribution in [0.1, 0.15) is 18.4 Å². The Morgan fingerprint density at radius 1 is 1.33 bits per heavy atom. The molecule has 0 spiro atoms. The predicted octanol–water partition coefficient (Wildman–Crippen LogP) is 3.42. The Bertz CT molecular complexity index is 430. The van der Waals surface area contributed by atoms with Gasteiger partial charge in [-0.1, -0.05) is 23.2 Å². The van der Waals surface area contributed by atoms with E-state index in [0.29, 0.717) is 21.4 Å². The van der Waals surface area contributed by atoms with E-state index in [1.807, 2.05) is 6.07 Å². The number of benzene rings is 1. The first kappa shape index (κ1) is 15.4. The Labute approximate surface area is 122 Å². The molecule has 6 heteroatoms. The maximum absolute atomic E-state index is 8.78. The number of hydrogen-bond donors (Lipinski definition) is 1. The highest BCUT2D eigenvalue weighted by Gasteiger charge is 2.18. The van der Waals surface area contributed by atoms with E-state index in [1.54, 1.807) is 12.1 Å². The summed E-state index contributed by atoms with van der Waals surface area (Å²) in [5.74, 6) is 0.473. The van der Waals surface area contributed by atoms with Crippen molar-refractivity contribution in [1.29, 1.82) is 5.26 Å². The SMILES string of the molecule is Cl.N#Cc1cc(Cl)c(OC2CCCNC2)c(Cl)c1. The molecule has 3 nitrogen and oxygen atoms in total. The van der Waals surface area contributed by atoms with Crippen molar-refractivity contribution in [2.75, 3.05) is 13.1 Å². The summed E-state index contributed by atoms with van der Waals surface area (Å²) < 4.78 is 5.78. The van der Waals surface area contributed by atoms with Crippen molar-refractivity contribution < 1.29 is 4.74 Å². The van der Waals surface area contributed by atoms with Gasteiger partial charge in [0, 0.05) is 6.54 Å². The van der Waals surface area contributed by atoms with Gasteiger partial charge in [0.2, 0.25) is 0 Å². The van der Waals surface area contributed by atoms with Crippen LogP contribution in [-0.2, 0) is 0 Å². The molecule has 18 heavy (non-hydrogen) atoms. The first-order valence-electron chi connectivity index (χ1n) is 5.47. The smallest absolute Gasteiger partial charge is 0.157 e. The molecule has 0 aliphatic carbocycles. The van der Waals surface area contributed by atoms with Crippen molar-refractivity contribution in [2.24, 2.45) is 0 Å². The standard InChI is InChI=1S/C12H12Cl2N2O.ClH/c13-10-4-8(6-15)5-11(14)12(10)17-9-2-1-3-16-7-9;/h4-5,9,16H,1-3,7H2;1H. The zero-order valence-electron chi connectivity index (χ0n) is 9.58. The number of nitrogens with one attached hydrogen (secondary N) is 1. The normalized spacial score (nSPS) is 18.6. The molecule has 1 N–H and O–H groups in total. The predicted molar refractivity (Wildman–Crippen MR) is 74.9 cm³/mol. The molecule has 0 saturated carbocycles. The maximum Gasteiger partial charge on any atom is 0.157 e. The van der Waals surface area contributed by atoms with Gasteiger partial charge >= 0.3 is 0 Å². The molecule has 1 saturated heterocycles. The molecule has 1 aromatic carbocycles. The molecule has 1 atom stereocenters. The molecule has 1 fully saturated rings. The summed E-state index contributed by atoms with van der Waals surface area (Å²) in [4.78, 5) is 0. The lowest BCUT2D eigenvalue weighted by Crippen LogP contribution is -2.37. The molecule has 0 radical (unpaired) electrons. The summed E-state index contributed by atoms with van der Waals surface area (Å²) in [6.07, 6.45) is 2.15. The van der Waals surface area contributed by atoms with Crippen molar-refractivity contribution in [3.8, 4) is 11.8 Å². The van der Waals surface area contributed by atoms with Crippen molar-refractivity contribution >= 4 is 35.6 Å². The van der Waals surface area contributed by atoms with Crippen LogP contribution in [0.2, 0.25) is 10.0 Å². The van der Waals surface area contributed by atoms with Gasteiger partial charge < -0.3 is 10.1 Å². The molecule has 98 valence electrons. The third kappa shape index (κ3) is 3.66. The lowest BCUT2D eigenvalue weighted by molar-refractivity contribution is 0.167. The average Bonchev–Trinajstić information content (AvgIpc) is 2.35. The van der Waals surface area contributed by atoms with Crippen LogP contribution >= 0.6 is 35.6 Å². The maximum atomic E-state index is 8.78. The summed E-state index contributed by atoms with van der Waals surface area (Å²) in [7, 11) is 0. The number of rotatable bonds is 2. The third-order valence-corrected chi connectivity index (χ3v) is 3.23. The summed E-state index contributed by atoms with van der Waals surface area (Å²) >= 11 is 12.1. The van der Waals surface area contributed by atoms with Crippen LogP contribution < -0.4 is 10.1 Å². The van der Waals surface area contributed by atoms with Crippen LogP contribution in [0.25, 0.3) is 0 Å². The van der Waals surface area contributed by atoms with E-state index in [1.165, 1.54) is 0 Å². The van der Waals surface area contributed by atoms with Crippen molar-refractivity contribution in [2.45, 2.75) is 18.9 Å². The highest BCUT2D eigenvalue weighted by Crippen LogP contribution is 2.35. The average molecular weight is 308 g/mol. The van der Waals surface area contributed by atoms with Gasteiger partial charge in [0.25, 0.3) is 0 Å². The van der Waals surface area contributed by atoms with Crippen molar-refractivity contribution in [3.63, 3.8) is 0 Å². The van der Waals surface area contributed by atoms with Crippen LogP contribution in [-0.4, -0.2) is 19.2 Å². The number of nitrogens with zero attached hydrogens (tertiary/aromatic N) is 1. The topological polar surface area (TPSA) is 45.0 Å². The minimum Gasteiger partial charge on any atom is -0.486 e. The monoisotopic (exact) mass is 306 g/mol. The van der Waals surface area contributed by atoms with E-state index in [4.69, 9.17) is 33.2 Å². The zero-order valence-corrected chi connectivity index (χ0v) is 11.9. The molecule has 1 heterocycles. The van der Waals surface area contributed by atoms with E-state index in [0.717, 1.165) is 25.9 Å². The van der Waals surface area contributed by atoms with Gasteiger partial charge in [-0.15, -0.1) is 12.4 Å². The Balaban J connectivity index is 0.00000162. The Morgan fingerprint density at radius 2 is 2.00 bits per heavy atom. The van der Waals surface area contributed by atoms with E-state index < -0.39 is 0 Å². The third-order valence-electron chi connectivity index (χ3n) is 2.66. The van der Waals surface area contributed by atoms with Gasteiger partial charge in [-0.25, -0.2) is 0 Å². The number of nitriles is 1. The summed E-state index contributed by atoms with van der Waals surface area (Å²) in [5.41, 5.74) is 0.439. The van der Waals surface area contributed by atoms with Crippen LogP contribution in [0.15, 0.2) is 12.1 Å². The number of halogens is 3. The molecular formula is C12H13Cl3N2O. The largest absolute Gasteiger partial charge is 0.486 e. The van der Waals surface area contributed by atoms with Crippen LogP contribution in [0, 0.1) is 11.3 Å². The highest BCUT2D eigenvalue weighted by atomic mass is 35.5. The van der Waals surface area contributed by atoms with Gasteiger partial charge in [-0.3, -0.25) is 0 Å². The summed E-state index contributed by atoms with van der Waals surface area (Å²) in [6.45, 7) is 1.82. The van der Waals surface area contributed by atoms with Gasteiger partial charge in [-0.2, -0.15) is 5.26 Å². The fraction of sp³-hybridized carbons (Fsp3) is 0.417. The first-order chi connectivity index (χ1) is 8.20. The second-order valence-corrected chi connectivity index (χ2v) is 4.78. The van der Waals surface area contributed by atoms with Crippen molar-refractivity contribution in [3.05, 3.63) is 27.7 Å². The second-order valence-electron chi connectivity index (χ2n) is 3.97. The van der Waals surface area contributed by atoms with E-state index in [9.17, 15) is 0 Å². The molecule has 0 bridgehead atoms. The van der Waals surface area contributed by atoms with Crippen LogP contribution in [0.3, 0.4) is 0 Å². The van der Waals surface area contributed by atoms with Crippen molar-refractivity contribution in [1.82, 2.24) is 5.32 Å². The number of ether oxygens (including phenoxy) is 1. The molecule has 0 aromatic heterocycles. The zero-order chi connectivity index (χ0) is 12.3. The molecule has 1 aliphatic heterocycles. The van der Waals surface area contributed by atoms with Gasteiger partial charge in [0.1, 0.15) is 6.10 Å². The quantitative estimate of drug-likeness (QED) is 0.910. The fourth-order valence-corrected chi connectivity index (χ4v) is 2.40. The van der Waals surface area contributed by atoms with Crippen LogP contribution in [0.4, 0.5) is 0 Å². The van der Waals surface area contributed by atoms with E-state index >= 15 is 0 Å².